The predicted octanol–water partition coefficient (Wildman–Crippen LogP) is 1.94. The van der Waals surface area contributed by atoms with Crippen molar-refractivity contribution in [3.8, 4) is 6.07 Å². The molecular formula is C11H13N3. The molecule has 2 rings (SSSR count). The summed E-state index contributed by atoms with van der Waals surface area (Å²) in [5, 5.41) is 8.77. The minimum absolute atomic E-state index is 0.654. The minimum atomic E-state index is 0.654. The van der Waals surface area contributed by atoms with Crippen LogP contribution in [0.3, 0.4) is 0 Å². The minimum Gasteiger partial charge on any atom is -0.354 e. The van der Waals surface area contributed by atoms with Gasteiger partial charge in [-0.25, -0.2) is 4.98 Å². The standard InChI is InChI=1S/C11H13N3/c1-2-14(10-3-4-10)11-7-9(8-12)5-6-13-11/h5-7,10H,2-4H2,1H3. The summed E-state index contributed by atoms with van der Waals surface area (Å²) in [5.41, 5.74) is 0.689. The summed E-state index contributed by atoms with van der Waals surface area (Å²) in [4.78, 5) is 6.56. The van der Waals surface area contributed by atoms with E-state index in [4.69, 9.17) is 5.26 Å². The summed E-state index contributed by atoms with van der Waals surface area (Å²) in [6.07, 6.45) is 4.22. The molecule has 0 unspecified atom stereocenters. The lowest BCUT2D eigenvalue weighted by molar-refractivity contribution is 0.808. The molecule has 14 heavy (non-hydrogen) atoms. The van der Waals surface area contributed by atoms with Crippen molar-refractivity contribution in [2.24, 2.45) is 0 Å². The first-order chi connectivity index (χ1) is 6.85. The first-order valence-corrected chi connectivity index (χ1v) is 4.98. The van der Waals surface area contributed by atoms with E-state index in [0.29, 0.717) is 11.6 Å². The lowest BCUT2D eigenvalue weighted by Gasteiger charge is -2.21. The van der Waals surface area contributed by atoms with E-state index in [0.717, 1.165) is 12.4 Å². The molecule has 0 bridgehead atoms. The van der Waals surface area contributed by atoms with Crippen molar-refractivity contribution >= 4 is 5.82 Å². The molecule has 0 spiro atoms. The monoisotopic (exact) mass is 187 g/mol. The van der Waals surface area contributed by atoms with Gasteiger partial charge in [0.1, 0.15) is 5.82 Å². The number of pyridine rings is 1. The van der Waals surface area contributed by atoms with E-state index in [2.05, 4.69) is 22.9 Å². The topological polar surface area (TPSA) is 39.9 Å². The van der Waals surface area contributed by atoms with Crippen molar-refractivity contribution in [1.29, 1.82) is 5.26 Å². The highest BCUT2D eigenvalue weighted by Crippen LogP contribution is 2.30. The van der Waals surface area contributed by atoms with Gasteiger partial charge in [-0.1, -0.05) is 0 Å². The normalized spacial score (nSPS) is 14.9. The van der Waals surface area contributed by atoms with E-state index in [9.17, 15) is 0 Å². The van der Waals surface area contributed by atoms with Crippen molar-refractivity contribution in [2.75, 3.05) is 11.4 Å². The quantitative estimate of drug-likeness (QED) is 0.726. The maximum absolute atomic E-state index is 8.77. The van der Waals surface area contributed by atoms with Gasteiger partial charge in [0.25, 0.3) is 0 Å². The fourth-order valence-corrected chi connectivity index (χ4v) is 1.64. The Balaban J connectivity index is 2.25. The summed E-state index contributed by atoms with van der Waals surface area (Å²) in [6, 6.07) is 6.40. The molecule has 3 nitrogen and oxygen atoms in total. The van der Waals surface area contributed by atoms with E-state index in [1.54, 1.807) is 12.3 Å². The summed E-state index contributed by atoms with van der Waals surface area (Å²) in [5.74, 6) is 0.939. The van der Waals surface area contributed by atoms with Gasteiger partial charge in [-0.2, -0.15) is 5.26 Å². The Morgan fingerprint density at radius 2 is 2.43 bits per heavy atom. The van der Waals surface area contributed by atoms with E-state index in [1.807, 2.05) is 6.07 Å². The zero-order valence-electron chi connectivity index (χ0n) is 8.27. The number of rotatable bonds is 3. The molecular weight excluding hydrogens is 174 g/mol. The second-order valence-electron chi connectivity index (χ2n) is 3.53. The molecule has 0 saturated heterocycles. The van der Waals surface area contributed by atoms with Crippen LogP contribution in [0.4, 0.5) is 5.82 Å². The lowest BCUT2D eigenvalue weighted by atomic mass is 10.3. The number of nitrogens with zero attached hydrogens (tertiary/aromatic N) is 3. The maximum Gasteiger partial charge on any atom is 0.130 e. The summed E-state index contributed by atoms with van der Waals surface area (Å²) in [6.45, 7) is 3.09. The number of anilines is 1. The largest absolute Gasteiger partial charge is 0.354 e. The van der Waals surface area contributed by atoms with Crippen LogP contribution in [0.15, 0.2) is 18.3 Å². The van der Waals surface area contributed by atoms with Crippen LogP contribution in [0.1, 0.15) is 25.3 Å². The summed E-state index contributed by atoms with van der Waals surface area (Å²) < 4.78 is 0. The third-order valence-electron chi connectivity index (χ3n) is 2.50. The fraction of sp³-hybridized carbons (Fsp3) is 0.455. The molecule has 0 radical (unpaired) electrons. The third kappa shape index (κ3) is 1.69. The van der Waals surface area contributed by atoms with Gasteiger partial charge in [-0.05, 0) is 31.9 Å². The molecule has 0 amide bonds. The first kappa shape index (κ1) is 9.01. The number of nitriles is 1. The fourth-order valence-electron chi connectivity index (χ4n) is 1.64. The van der Waals surface area contributed by atoms with Gasteiger partial charge in [0.05, 0.1) is 11.6 Å². The first-order valence-electron chi connectivity index (χ1n) is 4.98. The van der Waals surface area contributed by atoms with Crippen LogP contribution < -0.4 is 4.90 Å². The van der Waals surface area contributed by atoms with Gasteiger partial charge >= 0.3 is 0 Å². The smallest absolute Gasteiger partial charge is 0.130 e. The highest BCUT2D eigenvalue weighted by molar-refractivity contribution is 5.46. The number of hydrogen-bond donors (Lipinski definition) is 0. The van der Waals surface area contributed by atoms with Crippen LogP contribution >= 0.6 is 0 Å². The molecule has 1 saturated carbocycles. The van der Waals surface area contributed by atoms with Crippen LogP contribution in [-0.4, -0.2) is 17.6 Å². The van der Waals surface area contributed by atoms with Crippen LogP contribution in [0.5, 0.6) is 0 Å². The third-order valence-corrected chi connectivity index (χ3v) is 2.50. The van der Waals surface area contributed by atoms with Crippen LogP contribution in [-0.2, 0) is 0 Å². The van der Waals surface area contributed by atoms with E-state index >= 15 is 0 Å². The Morgan fingerprint density at radius 1 is 1.64 bits per heavy atom. The molecule has 0 aromatic carbocycles. The number of hydrogen-bond acceptors (Lipinski definition) is 3. The van der Waals surface area contributed by atoms with Crippen molar-refractivity contribution < 1.29 is 0 Å². The number of aromatic nitrogens is 1. The Labute approximate surface area is 84.0 Å². The van der Waals surface area contributed by atoms with Crippen molar-refractivity contribution in [3.63, 3.8) is 0 Å². The van der Waals surface area contributed by atoms with Gasteiger partial charge in [-0.15, -0.1) is 0 Å². The lowest BCUT2D eigenvalue weighted by Crippen LogP contribution is -2.25. The molecule has 1 aromatic rings. The molecule has 3 heteroatoms. The van der Waals surface area contributed by atoms with Crippen molar-refractivity contribution in [3.05, 3.63) is 23.9 Å². The van der Waals surface area contributed by atoms with E-state index in [1.165, 1.54) is 12.8 Å². The summed E-state index contributed by atoms with van der Waals surface area (Å²) >= 11 is 0. The molecule has 0 atom stereocenters. The molecule has 1 aliphatic rings. The molecule has 1 aliphatic carbocycles. The van der Waals surface area contributed by atoms with Gasteiger partial charge < -0.3 is 4.90 Å². The second-order valence-corrected chi connectivity index (χ2v) is 3.53. The van der Waals surface area contributed by atoms with Gasteiger partial charge in [0.15, 0.2) is 0 Å². The van der Waals surface area contributed by atoms with Gasteiger partial charge in [0.2, 0.25) is 0 Å². The highest BCUT2D eigenvalue weighted by atomic mass is 15.2. The molecule has 0 aliphatic heterocycles. The zero-order valence-corrected chi connectivity index (χ0v) is 8.27. The Hall–Kier alpha value is -1.56. The molecule has 1 heterocycles. The molecule has 72 valence electrons. The van der Waals surface area contributed by atoms with Crippen LogP contribution in [0, 0.1) is 11.3 Å². The maximum atomic E-state index is 8.77. The average molecular weight is 187 g/mol. The predicted molar refractivity (Wildman–Crippen MR) is 55.0 cm³/mol. The molecule has 1 fully saturated rings. The second kappa shape index (κ2) is 3.67. The Bertz CT molecular complexity index is 363. The Kier molecular flexibility index (Phi) is 2.36. The van der Waals surface area contributed by atoms with Crippen LogP contribution in [0.2, 0.25) is 0 Å². The van der Waals surface area contributed by atoms with Crippen molar-refractivity contribution in [1.82, 2.24) is 4.98 Å². The van der Waals surface area contributed by atoms with E-state index < -0.39 is 0 Å². The van der Waals surface area contributed by atoms with Crippen LogP contribution in [0.25, 0.3) is 0 Å². The van der Waals surface area contributed by atoms with Gasteiger partial charge in [0, 0.05) is 18.8 Å². The SMILES string of the molecule is CCN(c1cc(C#N)ccn1)C1CC1. The molecule has 0 N–H and O–H groups in total. The highest BCUT2D eigenvalue weighted by Gasteiger charge is 2.28. The van der Waals surface area contributed by atoms with Gasteiger partial charge in [-0.3, -0.25) is 0 Å². The Morgan fingerprint density at radius 3 is 3.00 bits per heavy atom. The van der Waals surface area contributed by atoms with Crippen molar-refractivity contribution in [2.45, 2.75) is 25.8 Å². The van der Waals surface area contributed by atoms with E-state index in [-0.39, 0.29) is 0 Å². The zero-order chi connectivity index (χ0) is 9.97. The molecule has 1 aromatic heterocycles. The average Bonchev–Trinajstić information content (AvgIpc) is 3.04. The summed E-state index contributed by atoms with van der Waals surface area (Å²) in [7, 11) is 0.